The van der Waals surface area contributed by atoms with Crippen LogP contribution in [0, 0.1) is 24.0 Å². The molecule has 3 rings (SSSR count). The van der Waals surface area contributed by atoms with Gasteiger partial charge in [-0.3, -0.25) is 30.3 Å². The van der Waals surface area contributed by atoms with Crippen molar-refractivity contribution in [1.29, 1.82) is 0 Å². The van der Waals surface area contributed by atoms with Gasteiger partial charge in [0.15, 0.2) is 5.11 Å². The molecule has 0 saturated carbocycles. The maximum Gasteiger partial charge on any atom is 0.288 e. The lowest BCUT2D eigenvalue weighted by Crippen LogP contribution is -2.51. The summed E-state index contributed by atoms with van der Waals surface area (Å²) in [5, 5.41) is 15.7. The lowest BCUT2D eigenvalue weighted by molar-refractivity contribution is -0.384. The second-order valence-electron chi connectivity index (χ2n) is 5.85. The Morgan fingerprint density at radius 3 is 2.37 bits per heavy atom. The van der Waals surface area contributed by atoms with Crippen LogP contribution in [0.25, 0.3) is 11.8 Å². The number of nitro groups is 1. The van der Waals surface area contributed by atoms with E-state index < -0.39 is 16.7 Å². The van der Waals surface area contributed by atoms with Gasteiger partial charge in [0.1, 0.15) is 10.6 Å². The normalized spacial score (nSPS) is 14.0. The van der Waals surface area contributed by atoms with Gasteiger partial charge >= 0.3 is 0 Å². The van der Waals surface area contributed by atoms with E-state index >= 15 is 0 Å². The molecule has 2 heterocycles. The summed E-state index contributed by atoms with van der Waals surface area (Å²) >= 11 is 10.8. The third kappa shape index (κ3) is 3.46. The zero-order valence-electron chi connectivity index (χ0n) is 14.2. The van der Waals surface area contributed by atoms with Gasteiger partial charge in [-0.1, -0.05) is 11.6 Å². The fraction of sp³-hybridized carbons (Fsp3) is 0.118. The molecule has 0 aliphatic carbocycles. The maximum absolute atomic E-state index is 12.0. The minimum Gasteiger partial charge on any atom is -0.318 e. The number of nitrogens with zero attached hydrogens (tertiary/aromatic N) is 2. The van der Waals surface area contributed by atoms with Gasteiger partial charge in [0.2, 0.25) is 0 Å². The Balaban J connectivity index is 2.06. The molecule has 1 aliphatic heterocycles. The third-order valence-electron chi connectivity index (χ3n) is 4.10. The summed E-state index contributed by atoms with van der Waals surface area (Å²) in [6.07, 6.45) is 1.47. The number of hydrogen-bond donors (Lipinski definition) is 2. The van der Waals surface area contributed by atoms with Crippen molar-refractivity contribution in [2.75, 3.05) is 0 Å². The molecule has 1 aliphatic rings. The van der Waals surface area contributed by atoms with E-state index in [0.29, 0.717) is 11.3 Å². The van der Waals surface area contributed by atoms with Gasteiger partial charge in [0.25, 0.3) is 17.5 Å². The fourth-order valence-electron chi connectivity index (χ4n) is 2.88. The third-order valence-corrected chi connectivity index (χ3v) is 4.61. The molecule has 1 saturated heterocycles. The second-order valence-corrected chi connectivity index (χ2v) is 6.67. The Bertz CT molecular complexity index is 1040. The molecule has 2 aromatic rings. The molecule has 0 atom stereocenters. The standard InChI is InChI=1S/C17H13ClN4O4S/c1-8-5-10(6-12-15(23)19-17(27)20-16(12)24)9(2)21(8)11-3-4-14(22(25)26)13(18)7-11/h3-7H,1-2H3,(H2,19,20,23,24,27). The van der Waals surface area contributed by atoms with Crippen molar-refractivity contribution in [2.24, 2.45) is 0 Å². The van der Waals surface area contributed by atoms with Crippen LogP contribution in [0.4, 0.5) is 5.69 Å². The topological polar surface area (TPSA) is 106 Å². The molecule has 1 aromatic heterocycles. The predicted octanol–water partition coefficient (Wildman–Crippen LogP) is 2.57. The average molecular weight is 405 g/mol. The minimum atomic E-state index is -0.577. The molecular formula is C17H13ClN4O4S. The Kier molecular flexibility index (Phi) is 4.81. The highest BCUT2D eigenvalue weighted by molar-refractivity contribution is 7.80. The molecule has 10 heteroatoms. The number of aromatic nitrogens is 1. The summed E-state index contributed by atoms with van der Waals surface area (Å²) < 4.78 is 1.82. The quantitative estimate of drug-likeness (QED) is 0.269. The Morgan fingerprint density at radius 1 is 1.19 bits per heavy atom. The summed E-state index contributed by atoms with van der Waals surface area (Å²) in [4.78, 5) is 34.4. The van der Waals surface area contributed by atoms with Crippen LogP contribution in [-0.2, 0) is 9.59 Å². The number of aryl methyl sites for hydroxylation is 1. The summed E-state index contributed by atoms with van der Waals surface area (Å²) in [5.41, 5.74) is 2.57. The number of nitro benzene ring substituents is 1. The lowest BCUT2D eigenvalue weighted by atomic mass is 10.1. The first-order chi connectivity index (χ1) is 12.7. The predicted molar refractivity (Wildman–Crippen MR) is 104 cm³/mol. The Hall–Kier alpha value is -3.04. The first-order valence-electron chi connectivity index (χ1n) is 7.70. The van der Waals surface area contributed by atoms with E-state index in [4.69, 9.17) is 23.8 Å². The molecule has 8 nitrogen and oxygen atoms in total. The highest BCUT2D eigenvalue weighted by Gasteiger charge is 2.26. The second kappa shape index (κ2) is 6.93. The smallest absolute Gasteiger partial charge is 0.288 e. The molecule has 0 spiro atoms. The summed E-state index contributed by atoms with van der Waals surface area (Å²) in [6, 6.07) is 6.21. The number of thiocarbonyl (C=S) groups is 1. The van der Waals surface area contributed by atoms with Gasteiger partial charge in [-0.2, -0.15) is 0 Å². The minimum absolute atomic E-state index is 0.0180. The summed E-state index contributed by atoms with van der Waals surface area (Å²) in [6.45, 7) is 3.64. The first kappa shape index (κ1) is 18.7. The van der Waals surface area contributed by atoms with Gasteiger partial charge in [-0.25, -0.2) is 0 Å². The molecule has 138 valence electrons. The van der Waals surface area contributed by atoms with Crippen molar-refractivity contribution in [2.45, 2.75) is 13.8 Å². The molecule has 0 bridgehead atoms. The Morgan fingerprint density at radius 2 is 1.81 bits per heavy atom. The highest BCUT2D eigenvalue weighted by atomic mass is 35.5. The van der Waals surface area contributed by atoms with Crippen LogP contribution in [0.5, 0.6) is 0 Å². The van der Waals surface area contributed by atoms with Crippen molar-refractivity contribution >= 4 is 52.5 Å². The highest BCUT2D eigenvalue weighted by Crippen LogP contribution is 2.29. The van der Waals surface area contributed by atoms with Gasteiger partial charge < -0.3 is 4.57 Å². The van der Waals surface area contributed by atoms with Crippen LogP contribution in [0.1, 0.15) is 17.0 Å². The number of rotatable bonds is 3. The van der Waals surface area contributed by atoms with Crippen molar-refractivity contribution in [3.05, 3.63) is 61.9 Å². The van der Waals surface area contributed by atoms with Gasteiger partial charge in [0, 0.05) is 23.1 Å². The summed E-state index contributed by atoms with van der Waals surface area (Å²) in [7, 11) is 0. The molecular weight excluding hydrogens is 392 g/mol. The van der Waals surface area contributed by atoms with E-state index in [-0.39, 0.29) is 21.4 Å². The van der Waals surface area contributed by atoms with E-state index in [2.05, 4.69) is 10.6 Å². The molecule has 0 unspecified atom stereocenters. The monoisotopic (exact) mass is 404 g/mol. The van der Waals surface area contributed by atoms with Crippen LogP contribution in [0.15, 0.2) is 29.8 Å². The average Bonchev–Trinajstić information content (AvgIpc) is 2.84. The van der Waals surface area contributed by atoms with Crippen LogP contribution in [0.3, 0.4) is 0 Å². The number of nitrogens with one attached hydrogen (secondary N) is 2. The first-order valence-corrected chi connectivity index (χ1v) is 8.49. The zero-order chi connectivity index (χ0) is 19.9. The molecule has 0 radical (unpaired) electrons. The van der Waals surface area contributed by atoms with Crippen molar-refractivity contribution in [1.82, 2.24) is 15.2 Å². The molecule has 2 N–H and O–H groups in total. The number of hydrogen-bond acceptors (Lipinski definition) is 5. The lowest BCUT2D eigenvalue weighted by Gasteiger charge is -2.16. The summed E-state index contributed by atoms with van der Waals surface area (Å²) in [5.74, 6) is -1.15. The van der Waals surface area contributed by atoms with E-state index in [1.165, 1.54) is 18.2 Å². The van der Waals surface area contributed by atoms with Crippen molar-refractivity contribution < 1.29 is 14.5 Å². The van der Waals surface area contributed by atoms with E-state index in [1.54, 1.807) is 19.1 Å². The number of halogens is 1. The molecule has 1 fully saturated rings. The van der Waals surface area contributed by atoms with Gasteiger partial charge in [0.05, 0.1) is 4.92 Å². The molecule has 2 amide bonds. The maximum atomic E-state index is 12.0. The SMILES string of the molecule is Cc1cc(C=C2C(=O)NC(=S)NC2=O)c(C)n1-c1ccc([N+](=O)[O-])c(Cl)c1. The number of amides is 2. The van der Waals surface area contributed by atoms with E-state index in [1.807, 2.05) is 11.5 Å². The van der Waals surface area contributed by atoms with Crippen LogP contribution < -0.4 is 10.6 Å². The van der Waals surface area contributed by atoms with E-state index in [9.17, 15) is 19.7 Å². The van der Waals surface area contributed by atoms with Crippen molar-refractivity contribution in [3.63, 3.8) is 0 Å². The van der Waals surface area contributed by atoms with Gasteiger partial charge in [-0.05, 0) is 55.9 Å². The number of carbonyl (C=O) groups is 2. The number of carbonyl (C=O) groups excluding carboxylic acids is 2. The van der Waals surface area contributed by atoms with Crippen LogP contribution in [-0.4, -0.2) is 26.4 Å². The van der Waals surface area contributed by atoms with Crippen molar-refractivity contribution in [3.8, 4) is 5.69 Å². The van der Waals surface area contributed by atoms with Crippen LogP contribution in [0.2, 0.25) is 5.02 Å². The largest absolute Gasteiger partial charge is 0.318 e. The zero-order valence-corrected chi connectivity index (χ0v) is 15.8. The molecule has 27 heavy (non-hydrogen) atoms. The fourth-order valence-corrected chi connectivity index (χ4v) is 3.31. The Labute approximate surface area is 164 Å². The van der Waals surface area contributed by atoms with Gasteiger partial charge in [-0.15, -0.1) is 0 Å². The number of benzene rings is 1. The van der Waals surface area contributed by atoms with E-state index in [0.717, 1.165) is 11.4 Å². The van der Waals surface area contributed by atoms with Crippen LogP contribution >= 0.6 is 23.8 Å². The molecule has 1 aromatic carbocycles.